The van der Waals surface area contributed by atoms with Crippen LogP contribution in [0.15, 0.2) is 30.5 Å². The summed E-state index contributed by atoms with van der Waals surface area (Å²) in [4.78, 5) is 17.1. The van der Waals surface area contributed by atoms with Gasteiger partial charge in [-0.25, -0.2) is 0 Å². The molecule has 0 saturated carbocycles. The van der Waals surface area contributed by atoms with Crippen molar-refractivity contribution in [1.29, 1.82) is 0 Å². The van der Waals surface area contributed by atoms with Gasteiger partial charge in [-0.1, -0.05) is 19.9 Å². The Hall–Kier alpha value is -1.81. The lowest BCUT2D eigenvalue weighted by Gasteiger charge is -2.49. The van der Waals surface area contributed by atoms with E-state index in [1.54, 1.807) is 4.90 Å². The first-order valence-corrected chi connectivity index (χ1v) is 6.58. The first-order chi connectivity index (χ1) is 8.99. The fourth-order valence-corrected chi connectivity index (χ4v) is 2.49. The number of carbonyl (C=O) groups is 1. The van der Waals surface area contributed by atoms with Crippen LogP contribution in [0.25, 0.3) is 10.9 Å². The molecule has 0 aliphatic carbocycles. The highest BCUT2D eigenvalue weighted by Gasteiger charge is 2.45. The van der Waals surface area contributed by atoms with E-state index in [1.165, 1.54) is 0 Å². The Balaban J connectivity index is 1.78. The quantitative estimate of drug-likeness (QED) is 0.865. The molecular weight excluding hydrogens is 240 g/mol. The molecule has 1 saturated heterocycles. The lowest BCUT2D eigenvalue weighted by atomic mass is 9.82. The number of β-amino-alcohol motifs (C(OH)–C–C–N with tert-alkyl or cyclic N) is 1. The largest absolute Gasteiger partial charge is 0.386 e. The fourth-order valence-electron chi connectivity index (χ4n) is 2.49. The van der Waals surface area contributed by atoms with Crippen molar-refractivity contribution in [3.8, 4) is 0 Å². The van der Waals surface area contributed by atoms with Gasteiger partial charge in [0.15, 0.2) is 0 Å². The van der Waals surface area contributed by atoms with Crippen molar-refractivity contribution in [3.63, 3.8) is 0 Å². The predicted molar refractivity (Wildman–Crippen MR) is 74.0 cm³/mol. The highest BCUT2D eigenvalue weighted by atomic mass is 16.3. The van der Waals surface area contributed by atoms with Crippen LogP contribution in [0.5, 0.6) is 0 Å². The van der Waals surface area contributed by atoms with Gasteiger partial charge in [0, 0.05) is 17.3 Å². The first kappa shape index (κ1) is 12.2. The second kappa shape index (κ2) is 4.10. The lowest BCUT2D eigenvalue weighted by Crippen LogP contribution is -2.65. The minimum Gasteiger partial charge on any atom is -0.386 e. The van der Waals surface area contributed by atoms with E-state index < -0.39 is 5.60 Å². The number of hydrogen-bond donors (Lipinski definition) is 2. The molecule has 3 rings (SSSR count). The van der Waals surface area contributed by atoms with Gasteiger partial charge in [0.05, 0.1) is 13.1 Å². The standard InChI is InChI=1S/C15H18N2O2/c1-10(2)15(19)8-17(9-15)14(18)12-4-3-11-5-6-16-13(11)7-12/h3-7,10,16,19H,8-9H2,1-2H3. The Kier molecular flexibility index (Phi) is 2.64. The summed E-state index contributed by atoms with van der Waals surface area (Å²) in [6, 6.07) is 7.62. The Morgan fingerprint density at radius 1 is 1.37 bits per heavy atom. The van der Waals surface area contributed by atoms with Gasteiger partial charge in [0.25, 0.3) is 5.91 Å². The van der Waals surface area contributed by atoms with Gasteiger partial charge in [0.2, 0.25) is 0 Å². The third kappa shape index (κ3) is 1.92. The molecule has 1 aromatic heterocycles. The number of likely N-dealkylation sites (tertiary alicyclic amines) is 1. The van der Waals surface area contributed by atoms with Crippen LogP contribution in [0.4, 0.5) is 0 Å². The summed E-state index contributed by atoms with van der Waals surface area (Å²) >= 11 is 0. The second-order valence-corrected chi connectivity index (χ2v) is 5.70. The first-order valence-electron chi connectivity index (χ1n) is 6.58. The molecule has 2 heterocycles. The van der Waals surface area contributed by atoms with Gasteiger partial charge in [-0.15, -0.1) is 0 Å². The molecule has 0 bridgehead atoms. The molecule has 19 heavy (non-hydrogen) atoms. The minimum absolute atomic E-state index is 0.0122. The number of aliphatic hydroxyl groups is 1. The SMILES string of the molecule is CC(C)C1(O)CN(C(=O)c2ccc3cc[nH]c3c2)C1. The topological polar surface area (TPSA) is 56.3 Å². The molecule has 1 fully saturated rings. The van der Waals surface area contributed by atoms with Crippen LogP contribution in [-0.2, 0) is 0 Å². The number of aromatic nitrogens is 1. The van der Waals surface area contributed by atoms with E-state index in [9.17, 15) is 9.90 Å². The maximum absolute atomic E-state index is 12.3. The van der Waals surface area contributed by atoms with Crippen LogP contribution >= 0.6 is 0 Å². The average Bonchev–Trinajstić information content (AvgIpc) is 2.80. The van der Waals surface area contributed by atoms with Crippen molar-refractivity contribution in [3.05, 3.63) is 36.0 Å². The molecule has 1 amide bonds. The number of aromatic amines is 1. The highest BCUT2D eigenvalue weighted by Crippen LogP contribution is 2.30. The molecule has 100 valence electrons. The van der Waals surface area contributed by atoms with Crippen LogP contribution in [-0.4, -0.2) is 39.6 Å². The summed E-state index contributed by atoms with van der Waals surface area (Å²) < 4.78 is 0. The molecule has 4 nitrogen and oxygen atoms in total. The lowest BCUT2D eigenvalue weighted by molar-refractivity contribution is -0.110. The minimum atomic E-state index is -0.716. The monoisotopic (exact) mass is 258 g/mol. The van der Waals surface area contributed by atoms with Gasteiger partial charge in [-0.2, -0.15) is 0 Å². The van der Waals surface area contributed by atoms with E-state index in [4.69, 9.17) is 0 Å². The Morgan fingerprint density at radius 3 is 2.79 bits per heavy atom. The van der Waals surface area contributed by atoms with Crippen LogP contribution in [0.2, 0.25) is 0 Å². The second-order valence-electron chi connectivity index (χ2n) is 5.70. The summed E-state index contributed by atoms with van der Waals surface area (Å²) in [6.45, 7) is 4.80. The zero-order chi connectivity index (χ0) is 13.6. The Morgan fingerprint density at radius 2 is 2.11 bits per heavy atom. The van der Waals surface area contributed by atoms with Gasteiger partial charge in [-0.3, -0.25) is 4.79 Å². The molecule has 1 aromatic carbocycles. The molecule has 1 aliphatic rings. The molecule has 1 aliphatic heterocycles. The zero-order valence-electron chi connectivity index (χ0n) is 11.2. The molecule has 0 unspecified atom stereocenters. The Labute approximate surface area is 112 Å². The van der Waals surface area contributed by atoms with Crippen LogP contribution in [0, 0.1) is 5.92 Å². The molecule has 2 aromatic rings. The van der Waals surface area contributed by atoms with Crippen molar-refractivity contribution in [2.75, 3.05) is 13.1 Å². The third-order valence-corrected chi connectivity index (χ3v) is 4.09. The van der Waals surface area contributed by atoms with Crippen molar-refractivity contribution < 1.29 is 9.90 Å². The van der Waals surface area contributed by atoms with Crippen molar-refractivity contribution in [1.82, 2.24) is 9.88 Å². The molecule has 0 spiro atoms. The van der Waals surface area contributed by atoms with Gasteiger partial charge >= 0.3 is 0 Å². The fraction of sp³-hybridized carbons (Fsp3) is 0.400. The van der Waals surface area contributed by atoms with E-state index >= 15 is 0 Å². The summed E-state index contributed by atoms with van der Waals surface area (Å²) in [5.74, 6) is 0.157. The number of hydrogen-bond acceptors (Lipinski definition) is 2. The summed E-state index contributed by atoms with van der Waals surface area (Å²) in [7, 11) is 0. The van der Waals surface area contributed by atoms with Gasteiger partial charge in [-0.05, 0) is 29.5 Å². The normalized spacial score (nSPS) is 17.8. The van der Waals surface area contributed by atoms with Crippen LogP contribution in [0.1, 0.15) is 24.2 Å². The maximum Gasteiger partial charge on any atom is 0.254 e. The number of H-pyrrole nitrogens is 1. The summed E-state index contributed by atoms with van der Waals surface area (Å²) in [5, 5.41) is 11.3. The molecule has 0 radical (unpaired) electrons. The zero-order valence-corrected chi connectivity index (χ0v) is 11.2. The van der Waals surface area contributed by atoms with Crippen molar-refractivity contribution in [2.24, 2.45) is 5.92 Å². The van der Waals surface area contributed by atoms with Crippen molar-refractivity contribution >= 4 is 16.8 Å². The van der Waals surface area contributed by atoms with Crippen LogP contribution in [0.3, 0.4) is 0 Å². The average molecular weight is 258 g/mol. The Bertz CT molecular complexity index is 624. The van der Waals surface area contributed by atoms with E-state index in [0.717, 1.165) is 10.9 Å². The van der Waals surface area contributed by atoms with Gasteiger partial charge in [0.1, 0.15) is 5.60 Å². The highest BCUT2D eigenvalue weighted by molar-refractivity contribution is 5.98. The number of nitrogens with one attached hydrogen (secondary N) is 1. The van der Waals surface area contributed by atoms with E-state index in [2.05, 4.69) is 4.98 Å². The number of rotatable bonds is 2. The van der Waals surface area contributed by atoms with E-state index in [-0.39, 0.29) is 11.8 Å². The summed E-state index contributed by atoms with van der Waals surface area (Å²) in [5.41, 5.74) is 0.915. The number of carbonyl (C=O) groups excluding carboxylic acids is 1. The third-order valence-electron chi connectivity index (χ3n) is 4.09. The number of nitrogens with zero attached hydrogens (tertiary/aromatic N) is 1. The number of fused-ring (bicyclic) bond motifs is 1. The summed E-state index contributed by atoms with van der Waals surface area (Å²) in [6.07, 6.45) is 1.86. The molecule has 4 heteroatoms. The predicted octanol–water partition coefficient (Wildman–Crippen LogP) is 2.01. The van der Waals surface area contributed by atoms with E-state index in [0.29, 0.717) is 18.7 Å². The number of amides is 1. The molecule has 2 N–H and O–H groups in total. The molecule has 0 atom stereocenters. The number of benzene rings is 1. The van der Waals surface area contributed by atoms with Crippen LogP contribution < -0.4 is 0 Å². The van der Waals surface area contributed by atoms with Gasteiger partial charge < -0.3 is 15.0 Å². The van der Waals surface area contributed by atoms with E-state index in [1.807, 2.05) is 44.3 Å². The molecular formula is C15H18N2O2. The van der Waals surface area contributed by atoms with Crippen molar-refractivity contribution in [2.45, 2.75) is 19.4 Å². The smallest absolute Gasteiger partial charge is 0.254 e. The maximum atomic E-state index is 12.3.